The number of anilines is 2. The normalized spacial score (nSPS) is 13.8. The summed E-state index contributed by atoms with van der Waals surface area (Å²) in [6, 6.07) is 13.7. The van der Waals surface area contributed by atoms with Crippen molar-refractivity contribution in [3.8, 4) is 11.5 Å². The molecule has 0 aromatic heterocycles. The molecule has 9 heteroatoms. The van der Waals surface area contributed by atoms with E-state index in [1.165, 1.54) is 0 Å². The molecule has 2 atom stereocenters. The minimum atomic E-state index is -3.72. The molecule has 0 fully saturated rings. The predicted molar refractivity (Wildman–Crippen MR) is 108 cm³/mol. The summed E-state index contributed by atoms with van der Waals surface area (Å²) in [5, 5.41) is 0. The van der Waals surface area contributed by atoms with Gasteiger partial charge in [0.25, 0.3) is 0 Å². The van der Waals surface area contributed by atoms with Crippen molar-refractivity contribution in [3.05, 3.63) is 48.5 Å². The molecule has 0 aliphatic heterocycles. The van der Waals surface area contributed by atoms with Crippen molar-refractivity contribution in [2.45, 2.75) is 26.1 Å². The highest BCUT2D eigenvalue weighted by molar-refractivity contribution is 6.55. The van der Waals surface area contributed by atoms with Crippen molar-refractivity contribution >= 4 is 20.4 Å². The largest absolute Gasteiger partial charge is 0.821 e. The Balaban J connectivity index is 2.38. The standard InChI is InChI=1S/C18H28N4O4Si/c1-13(11-19)23-27(24-14(2)12-20,25-17-7-3-15(21)4-8-17)26-18-9-5-16(22)6-10-18/h3-10,13-14H,11-12,19-22H2,1-2H3. The number of nitrogens with two attached hydrogens (primary N) is 4. The minimum absolute atomic E-state index is 0.269. The van der Waals surface area contributed by atoms with E-state index in [-0.39, 0.29) is 25.3 Å². The third-order valence-corrected chi connectivity index (χ3v) is 5.95. The van der Waals surface area contributed by atoms with E-state index in [9.17, 15) is 0 Å². The second-order valence-corrected chi connectivity index (χ2v) is 8.05. The molecule has 0 aliphatic rings. The van der Waals surface area contributed by atoms with Crippen LogP contribution >= 0.6 is 0 Å². The van der Waals surface area contributed by atoms with E-state index >= 15 is 0 Å². The Morgan fingerprint density at radius 3 is 1.33 bits per heavy atom. The predicted octanol–water partition coefficient (Wildman–Crippen LogP) is 1.47. The van der Waals surface area contributed by atoms with Crippen LogP contribution in [0.5, 0.6) is 11.5 Å². The summed E-state index contributed by atoms with van der Waals surface area (Å²) in [5.74, 6) is 1.000. The van der Waals surface area contributed by atoms with Gasteiger partial charge in [-0.15, -0.1) is 0 Å². The quantitative estimate of drug-likeness (QED) is 0.352. The lowest BCUT2D eigenvalue weighted by molar-refractivity contribution is -0.00403. The first-order chi connectivity index (χ1) is 12.9. The topological polar surface area (TPSA) is 141 Å². The highest BCUT2D eigenvalue weighted by Crippen LogP contribution is 2.26. The third-order valence-electron chi connectivity index (χ3n) is 3.60. The first kappa shape index (κ1) is 21.0. The van der Waals surface area contributed by atoms with Crippen LogP contribution in [0.3, 0.4) is 0 Å². The number of benzene rings is 2. The van der Waals surface area contributed by atoms with Crippen molar-refractivity contribution in [2.24, 2.45) is 11.5 Å². The fourth-order valence-corrected chi connectivity index (χ4v) is 4.41. The van der Waals surface area contributed by atoms with Crippen LogP contribution < -0.4 is 31.8 Å². The molecule has 2 aromatic rings. The Morgan fingerprint density at radius 2 is 1.04 bits per heavy atom. The molecule has 0 aliphatic carbocycles. The van der Waals surface area contributed by atoms with E-state index in [0.717, 1.165) is 0 Å². The highest BCUT2D eigenvalue weighted by Gasteiger charge is 2.54. The second kappa shape index (κ2) is 9.58. The van der Waals surface area contributed by atoms with Crippen LogP contribution in [-0.4, -0.2) is 34.3 Å². The fourth-order valence-electron chi connectivity index (χ4n) is 2.09. The molecule has 8 N–H and O–H groups in total. The molecular formula is C18H28N4O4Si. The van der Waals surface area contributed by atoms with Crippen LogP contribution in [0.2, 0.25) is 0 Å². The third kappa shape index (κ3) is 6.42. The van der Waals surface area contributed by atoms with E-state index in [4.69, 9.17) is 40.6 Å². The molecule has 2 aromatic carbocycles. The molecule has 0 spiro atoms. The van der Waals surface area contributed by atoms with E-state index < -0.39 is 9.05 Å². The maximum absolute atomic E-state index is 6.11. The summed E-state index contributed by atoms with van der Waals surface area (Å²) >= 11 is 0. The van der Waals surface area contributed by atoms with Gasteiger partial charge in [0.1, 0.15) is 11.5 Å². The second-order valence-electron chi connectivity index (χ2n) is 6.17. The molecule has 0 bridgehead atoms. The molecule has 0 radical (unpaired) electrons. The van der Waals surface area contributed by atoms with Gasteiger partial charge < -0.3 is 40.6 Å². The summed E-state index contributed by atoms with van der Waals surface area (Å²) in [5.41, 5.74) is 24.2. The molecule has 0 saturated heterocycles. The van der Waals surface area contributed by atoms with E-state index in [0.29, 0.717) is 22.9 Å². The average Bonchev–Trinajstić information content (AvgIpc) is 2.65. The molecule has 2 unspecified atom stereocenters. The van der Waals surface area contributed by atoms with Gasteiger partial charge in [0.05, 0.1) is 12.2 Å². The molecule has 148 valence electrons. The number of nitrogen functional groups attached to an aromatic ring is 2. The summed E-state index contributed by atoms with van der Waals surface area (Å²) < 4.78 is 24.3. The van der Waals surface area contributed by atoms with Gasteiger partial charge in [-0.25, -0.2) is 0 Å². The lowest BCUT2D eigenvalue weighted by Gasteiger charge is -2.32. The van der Waals surface area contributed by atoms with Crippen molar-refractivity contribution in [1.29, 1.82) is 0 Å². The molecule has 27 heavy (non-hydrogen) atoms. The highest BCUT2D eigenvalue weighted by atomic mass is 28.4. The van der Waals surface area contributed by atoms with Gasteiger partial charge in [-0.3, -0.25) is 0 Å². The van der Waals surface area contributed by atoms with Crippen LogP contribution in [-0.2, 0) is 8.85 Å². The van der Waals surface area contributed by atoms with Gasteiger partial charge in [-0.1, -0.05) is 0 Å². The Labute approximate surface area is 160 Å². The lowest BCUT2D eigenvalue weighted by Crippen LogP contribution is -2.59. The SMILES string of the molecule is CC(CN)O[Si](Oc1ccc(N)cc1)(Oc1ccc(N)cc1)OC(C)CN. The van der Waals surface area contributed by atoms with Crippen LogP contribution in [0.4, 0.5) is 11.4 Å². The Bertz CT molecular complexity index is 638. The molecular weight excluding hydrogens is 364 g/mol. The molecule has 0 amide bonds. The molecule has 0 heterocycles. The van der Waals surface area contributed by atoms with Gasteiger partial charge in [0.15, 0.2) is 0 Å². The van der Waals surface area contributed by atoms with E-state index in [1.54, 1.807) is 48.5 Å². The number of hydrogen-bond acceptors (Lipinski definition) is 8. The Kier molecular flexibility index (Phi) is 7.45. The average molecular weight is 393 g/mol. The van der Waals surface area contributed by atoms with Gasteiger partial charge in [-0.05, 0) is 62.4 Å². The first-order valence-corrected chi connectivity index (χ1v) is 10.3. The van der Waals surface area contributed by atoms with Crippen molar-refractivity contribution in [3.63, 3.8) is 0 Å². The van der Waals surface area contributed by atoms with E-state index in [2.05, 4.69) is 0 Å². The van der Waals surface area contributed by atoms with Crippen molar-refractivity contribution < 1.29 is 17.7 Å². The maximum atomic E-state index is 6.11. The van der Waals surface area contributed by atoms with Crippen LogP contribution in [0.25, 0.3) is 0 Å². The molecule has 8 nitrogen and oxygen atoms in total. The van der Waals surface area contributed by atoms with Crippen LogP contribution in [0.1, 0.15) is 13.8 Å². The fraction of sp³-hybridized carbons (Fsp3) is 0.333. The number of rotatable bonds is 10. The monoisotopic (exact) mass is 392 g/mol. The smallest absolute Gasteiger partial charge is 0.471 e. The number of hydrogen-bond donors (Lipinski definition) is 4. The zero-order chi connectivity index (χ0) is 19.9. The maximum Gasteiger partial charge on any atom is 0.821 e. The van der Waals surface area contributed by atoms with Crippen molar-refractivity contribution in [1.82, 2.24) is 0 Å². The van der Waals surface area contributed by atoms with Gasteiger partial charge in [-0.2, -0.15) is 0 Å². The van der Waals surface area contributed by atoms with Gasteiger partial charge in [0, 0.05) is 24.5 Å². The first-order valence-electron chi connectivity index (χ1n) is 8.70. The summed E-state index contributed by atoms with van der Waals surface area (Å²) in [7, 11) is -3.72. The zero-order valence-corrected chi connectivity index (χ0v) is 16.6. The van der Waals surface area contributed by atoms with Gasteiger partial charge >= 0.3 is 9.05 Å². The van der Waals surface area contributed by atoms with Crippen LogP contribution in [0, 0.1) is 0 Å². The van der Waals surface area contributed by atoms with Crippen LogP contribution in [0.15, 0.2) is 48.5 Å². The molecule has 0 saturated carbocycles. The molecule has 2 rings (SSSR count). The van der Waals surface area contributed by atoms with Crippen molar-refractivity contribution in [2.75, 3.05) is 24.6 Å². The zero-order valence-electron chi connectivity index (χ0n) is 15.6. The van der Waals surface area contributed by atoms with E-state index in [1.807, 2.05) is 13.8 Å². The Morgan fingerprint density at radius 1 is 0.704 bits per heavy atom. The lowest BCUT2D eigenvalue weighted by atomic mass is 10.3. The van der Waals surface area contributed by atoms with Gasteiger partial charge in [0.2, 0.25) is 0 Å². The Hall–Kier alpha value is -2.30. The summed E-state index contributed by atoms with van der Waals surface area (Å²) in [4.78, 5) is 0. The summed E-state index contributed by atoms with van der Waals surface area (Å²) in [6.45, 7) is 4.17. The summed E-state index contributed by atoms with van der Waals surface area (Å²) in [6.07, 6.45) is -0.714. The minimum Gasteiger partial charge on any atom is -0.471 e.